The quantitative estimate of drug-likeness (QED) is 0.326. The molecule has 0 unspecified atom stereocenters. The second-order valence-corrected chi connectivity index (χ2v) is 9.32. The third-order valence-electron chi connectivity index (χ3n) is 5.06. The predicted molar refractivity (Wildman–Crippen MR) is 136 cm³/mol. The summed E-state index contributed by atoms with van der Waals surface area (Å²) in [7, 11) is -2.21. The molecule has 2 N–H and O–H groups in total. The van der Waals surface area contributed by atoms with Gasteiger partial charge in [-0.15, -0.1) is 0 Å². The molecule has 0 saturated heterocycles. The van der Waals surface area contributed by atoms with E-state index in [2.05, 4.69) is 10.0 Å². The van der Waals surface area contributed by atoms with Crippen LogP contribution in [0.4, 0.5) is 11.4 Å². The highest BCUT2D eigenvalue weighted by atomic mass is 32.2. The van der Waals surface area contributed by atoms with Crippen molar-refractivity contribution in [1.82, 2.24) is 0 Å². The number of hydrogen-bond acceptors (Lipinski definition) is 5. The zero-order valence-electron chi connectivity index (χ0n) is 19.0. The molecule has 4 aromatic carbocycles. The zero-order chi connectivity index (χ0) is 24.7. The van der Waals surface area contributed by atoms with E-state index in [9.17, 15) is 13.2 Å². The highest BCUT2D eigenvalue weighted by Gasteiger charge is 2.14. The summed E-state index contributed by atoms with van der Waals surface area (Å²) in [4.78, 5) is 12.3. The fourth-order valence-corrected chi connectivity index (χ4v) is 4.35. The van der Waals surface area contributed by atoms with E-state index in [4.69, 9.17) is 9.47 Å². The van der Waals surface area contributed by atoms with E-state index in [1.807, 2.05) is 30.3 Å². The second-order valence-electron chi connectivity index (χ2n) is 7.64. The summed E-state index contributed by atoms with van der Waals surface area (Å²) in [5.74, 6) is 1.60. The van der Waals surface area contributed by atoms with Crippen LogP contribution in [0.25, 0.3) is 0 Å². The van der Waals surface area contributed by atoms with E-state index in [1.165, 1.54) is 19.2 Å². The molecule has 8 heteroatoms. The van der Waals surface area contributed by atoms with Crippen molar-refractivity contribution in [2.45, 2.75) is 11.3 Å². The van der Waals surface area contributed by atoms with Gasteiger partial charge in [0.15, 0.2) is 0 Å². The van der Waals surface area contributed by atoms with Crippen LogP contribution >= 0.6 is 0 Å². The van der Waals surface area contributed by atoms with Gasteiger partial charge in [-0.05, 0) is 78.4 Å². The van der Waals surface area contributed by atoms with Crippen molar-refractivity contribution in [3.8, 4) is 17.2 Å². The molecule has 0 aliphatic carbocycles. The number of carbonyl (C=O) groups excluding carboxylic acids is 1. The van der Waals surface area contributed by atoms with Crippen LogP contribution in [0.3, 0.4) is 0 Å². The Labute approximate surface area is 204 Å². The van der Waals surface area contributed by atoms with Crippen LogP contribution in [0.2, 0.25) is 0 Å². The highest BCUT2D eigenvalue weighted by molar-refractivity contribution is 7.92. The zero-order valence-corrected chi connectivity index (χ0v) is 19.8. The fourth-order valence-electron chi connectivity index (χ4n) is 3.29. The summed E-state index contributed by atoms with van der Waals surface area (Å²) >= 11 is 0. The normalized spacial score (nSPS) is 10.9. The van der Waals surface area contributed by atoms with E-state index >= 15 is 0 Å². The first-order valence-electron chi connectivity index (χ1n) is 10.8. The van der Waals surface area contributed by atoms with Gasteiger partial charge in [-0.3, -0.25) is 9.52 Å². The number of nitrogens with one attached hydrogen (secondary N) is 2. The molecule has 0 fully saturated rings. The van der Waals surface area contributed by atoms with Crippen molar-refractivity contribution in [2.24, 2.45) is 0 Å². The van der Waals surface area contributed by atoms with Gasteiger partial charge in [-0.25, -0.2) is 8.42 Å². The van der Waals surface area contributed by atoms with Crippen molar-refractivity contribution in [3.05, 3.63) is 109 Å². The molecule has 0 radical (unpaired) electrons. The van der Waals surface area contributed by atoms with Crippen LogP contribution in [0.1, 0.15) is 5.56 Å². The van der Waals surface area contributed by atoms with Crippen LogP contribution in [-0.4, -0.2) is 21.4 Å². The number of rotatable bonds is 9. The Kier molecular flexibility index (Phi) is 7.32. The Bertz CT molecular complexity index is 1370. The van der Waals surface area contributed by atoms with Gasteiger partial charge < -0.3 is 14.8 Å². The minimum Gasteiger partial charge on any atom is -0.497 e. The highest BCUT2D eigenvalue weighted by Crippen LogP contribution is 2.26. The smallest absolute Gasteiger partial charge is 0.261 e. The van der Waals surface area contributed by atoms with Crippen molar-refractivity contribution in [1.29, 1.82) is 0 Å². The molecule has 0 aliphatic heterocycles. The van der Waals surface area contributed by atoms with Gasteiger partial charge in [0.1, 0.15) is 17.2 Å². The molecule has 1 amide bonds. The SMILES string of the molecule is COc1ccc(S(=O)(=O)Nc2ccc(Oc3ccc(NC(=O)Cc4ccccc4)cc3)cc2)cc1. The average Bonchev–Trinajstić information content (AvgIpc) is 2.87. The Hall–Kier alpha value is -4.30. The fraction of sp³-hybridized carbons (Fsp3) is 0.0741. The van der Waals surface area contributed by atoms with Gasteiger partial charge in [0, 0.05) is 11.4 Å². The molecule has 0 bridgehead atoms. The third kappa shape index (κ3) is 6.61. The molecule has 178 valence electrons. The van der Waals surface area contributed by atoms with Crippen molar-refractivity contribution < 1.29 is 22.7 Å². The van der Waals surface area contributed by atoms with Crippen molar-refractivity contribution >= 4 is 27.3 Å². The number of carbonyl (C=O) groups is 1. The molecule has 0 spiro atoms. The van der Waals surface area contributed by atoms with Crippen LogP contribution in [0, 0.1) is 0 Å². The largest absolute Gasteiger partial charge is 0.497 e. The first-order valence-corrected chi connectivity index (χ1v) is 12.3. The predicted octanol–water partition coefficient (Wildman–Crippen LogP) is 5.47. The Morgan fingerprint density at radius 2 is 1.26 bits per heavy atom. The summed E-state index contributed by atoms with van der Waals surface area (Å²) in [6, 6.07) is 29.3. The second kappa shape index (κ2) is 10.8. The number of ether oxygens (including phenoxy) is 2. The van der Waals surface area contributed by atoms with Gasteiger partial charge in [-0.2, -0.15) is 0 Å². The van der Waals surface area contributed by atoms with Crippen molar-refractivity contribution in [3.63, 3.8) is 0 Å². The van der Waals surface area contributed by atoms with E-state index < -0.39 is 10.0 Å². The van der Waals surface area contributed by atoms with E-state index in [0.29, 0.717) is 35.0 Å². The lowest BCUT2D eigenvalue weighted by Crippen LogP contribution is -2.14. The molecule has 0 aliphatic rings. The summed E-state index contributed by atoms with van der Waals surface area (Å²) < 4.78 is 38.6. The molecule has 35 heavy (non-hydrogen) atoms. The van der Waals surface area contributed by atoms with E-state index in [-0.39, 0.29) is 10.8 Å². The number of methoxy groups -OCH3 is 1. The molecule has 0 saturated carbocycles. The van der Waals surface area contributed by atoms with Gasteiger partial charge in [0.25, 0.3) is 10.0 Å². The van der Waals surface area contributed by atoms with Crippen LogP contribution in [0.15, 0.2) is 108 Å². The maximum absolute atomic E-state index is 12.6. The number of sulfonamides is 1. The maximum atomic E-state index is 12.6. The molecule has 0 atom stereocenters. The number of benzene rings is 4. The standard InChI is InChI=1S/C27H24N2O5S/c1-33-23-15-17-26(18-16-23)35(31,32)29-22-9-13-25(14-10-22)34-24-11-7-21(8-12-24)28-27(30)19-20-5-3-2-4-6-20/h2-18,29H,19H2,1H3,(H,28,30). The minimum atomic E-state index is -3.73. The maximum Gasteiger partial charge on any atom is 0.261 e. The molecule has 4 aromatic rings. The van der Waals surface area contributed by atoms with Crippen molar-refractivity contribution in [2.75, 3.05) is 17.1 Å². The first kappa shape index (κ1) is 23.8. The molecular weight excluding hydrogens is 464 g/mol. The Morgan fingerprint density at radius 3 is 1.83 bits per heavy atom. The lowest BCUT2D eigenvalue weighted by Gasteiger charge is -2.11. The Balaban J connectivity index is 1.33. The number of amides is 1. The van der Waals surface area contributed by atoms with Crippen LogP contribution in [0.5, 0.6) is 17.2 Å². The number of anilines is 2. The van der Waals surface area contributed by atoms with Crippen LogP contribution in [-0.2, 0) is 21.2 Å². The molecule has 0 heterocycles. The Morgan fingerprint density at radius 1 is 0.714 bits per heavy atom. The third-order valence-corrected chi connectivity index (χ3v) is 6.45. The lowest BCUT2D eigenvalue weighted by molar-refractivity contribution is -0.115. The molecule has 4 rings (SSSR count). The van der Waals surface area contributed by atoms with E-state index in [1.54, 1.807) is 60.7 Å². The topological polar surface area (TPSA) is 93.7 Å². The average molecular weight is 489 g/mol. The van der Waals surface area contributed by atoms with Gasteiger partial charge in [0.2, 0.25) is 5.91 Å². The van der Waals surface area contributed by atoms with Gasteiger partial charge in [-0.1, -0.05) is 30.3 Å². The first-order chi connectivity index (χ1) is 16.9. The van der Waals surface area contributed by atoms with Gasteiger partial charge in [0.05, 0.1) is 18.4 Å². The number of hydrogen-bond donors (Lipinski definition) is 2. The monoisotopic (exact) mass is 488 g/mol. The molecule has 0 aromatic heterocycles. The summed E-state index contributed by atoms with van der Waals surface area (Å²) in [6.45, 7) is 0. The lowest BCUT2D eigenvalue weighted by atomic mass is 10.1. The molecule has 7 nitrogen and oxygen atoms in total. The summed E-state index contributed by atoms with van der Waals surface area (Å²) in [5.41, 5.74) is 2.02. The van der Waals surface area contributed by atoms with Crippen LogP contribution < -0.4 is 19.5 Å². The van der Waals surface area contributed by atoms with E-state index in [0.717, 1.165) is 5.56 Å². The molecular formula is C27H24N2O5S. The van der Waals surface area contributed by atoms with Gasteiger partial charge >= 0.3 is 0 Å². The minimum absolute atomic E-state index is 0.0995. The summed E-state index contributed by atoms with van der Waals surface area (Å²) in [6.07, 6.45) is 0.299. The summed E-state index contributed by atoms with van der Waals surface area (Å²) in [5, 5.41) is 2.86.